The van der Waals surface area contributed by atoms with Crippen LogP contribution in [0.25, 0.3) is 0 Å². The highest BCUT2D eigenvalue weighted by molar-refractivity contribution is 5.70. The zero-order chi connectivity index (χ0) is 15.5. The Morgan fingerprint density at radius 3 is 2.59 bits per heavy atom. The monoisotopic (exact) mass is 303 g/mol. The van der Waals surface area contributed by atoms with E-state index < -0.39 is 5.97 Å². The molecule has 22 heavy (non-hydrogen) atoms. The van der Waals surface area contributed by atoms with E-state index in [1.807, 2.05) is 12.1 Å². The Kier molecular flexibility index (Phi) is 4.67. The third-order valence-electron chi connectivity index (χ3n) is 4.85. The summed E-state index contributed by atoms with van der Waals surface area (Å²) in [5, 5.41) is 9.21. The van der Waals surface area contributed by atoms with Gasteiger partial charge in [0.15, 0.2) is 0 Å². The van der Waals surface area contributed by atoms with Crippen LogP contribution in [-0.4, -0.2) is 35.2 Å². The Hall–Kier alpha value is -1.55. The number of carboxylic acids is 1. The van der Waals surface area contributed by atoms with Gasteiger partial charge in [-0.3, -0.25) is 9.69 Å². The lowest BCUT2D eigenvalue weighted by Gasteiger charge is -2.36. The number of aliphatic carboxylic acids is 1. The van der Waals surface area contributed by atoms with Gasteiger partial charge in [-0.1, -0.05) is 12.1 Å². The summed E-state index contributed by atoms with van der Waals surface area (Å²) >= 11 is 0. The Balaban J connectivity index is 1.55. The number of carboxylic acid groups (broad SMARTS) is 1. The first-order valence-corrected chi connectivity index (χ1v) is 8.30. The smallest absolute Gasteiger partial charge is 0.307 e. The predicted octanol–water partition coefficient (Wildman–Crippen LogP) is 3.16. The molecule has 1 aromatic rings. The highest BCUT2D eigenvalue weighted by atomic mass is 16.5. The van der Waals surface area contributed by atoms with Crippen LogP contribution >= 0.6 is 0 Å². The van der Waals surface area contributed by atoms with Gasteiger partial charge in [0.1, 0.15) is 5.75 Å². The van der Waals surface area contributed by atoms with Crippen molar-refractivity contribution in [1.82, 2.24) is 4.90 Å². The molecule has 4 heteroatoms. The highest BCUT2D eigenvalue weighted by Crippen LogP contribution is 2.30. The van der Waals surface area contributed by atoms with Crippen LogP contribution in [-0.2, 0) is 11.3 Å². The molecule has 0 amide bonds. The number of carbonyl (C=O) groups is 1. The van der Waals surface area contributed by atoms with Crippen LogP contribution in [0, 0.1) is 11.8 Å². The molecule has 1 aromatic carbocycles. The largest absolute Gasteiger partial charge is 0.493 e. The number of hydrogen-bond acceptors (Lipinski definition) is 3. The first-order valence-electron chi connectivity index (χ1n) is 8.30. The van der Waals surface area contributed by atoms with Crippen LogP contribution in [0.4, 0.5) is 0 Å². The summed E-state index contributed by atoms with van der Waals surface area (Å²) in [5.41, 5.74) is 1.22. The molecule has 1 saturated carbocycles. The van der Waals surface area contributed by atoms with Gasteiger partial charge in [0.2, 0.25) is 0 Å². The molecule has 3 rings (SSSR count). The fraction of sp³-hybridized carbons (Fsp3) is 0.611. The molecule has 0 aromatic heterocycles. The van der Waals surface area contributed by atoms with Crippen LogP contribution in [0.2, 0.25) is 0 Å². The molecular formula is C18H25NO3. The average molecular weight is 303 g/mol. The van der Waals surface area contributed by atoms with Gasteiger partial charge in [0.05, 0.1) is 12.5 Å². The Morgan fingerprint density at radius 2 is 1.95 bits per heavy atom. The highest BCUT2D eigenvalue weighted by Gasteiger charge is 2.29. The van der Waals surface area contributed by atoms with Crippen LogP contribution in [0.1, 0.15) is 38.2 Å². The van der Waals surface area contributed by atoms with Gasteiger partial charge in [-0.25, -0.2) is 0 Å². The van der Waals surface area contributed by atoms with E-state index in [9.17, 15) is 9.90 Å². The molecule has 120 valence electrons. The fourth-order valence-corrected chi connectivity index (χ4v) is 3.03. The lowest BCUT2D eigenvalue weighted by molar-refractivity contribution is -0.144. The maximum Gasteiger partial charge on any atom is 0.307 e. The summed E-state index contributed by atoms with van der Waals surface area (Å²) in [6.45, 7) is 4.48. The summed E-state index contributed by atoms with van der Waals surface area (Å²) in [6.07, 6.45) is 4.35. The predicted molar refractivity (Wildman–Crippen MR) is 84.9 cm³/mol. The number of likely N-dealkylation sites (tertiary alicyclic amines) is 1. The molecule has 0 radical (unpaired) electrons. The zero-order valence-corrected chi connectivity index (χ0v) is 13.2. The molecule has 0 spiro atoms. The van der Waals surface area contributed by atoms with E-state index in [2.05, 4.69) is 24.0 Å². The number of rotatable bonds is 6. The van der Waals surface area contributed by atoms with Gasteiger partial charge in [0, 0.05) is 19.1 Å². The number of benzene rings is 1. The van der Waals surface area contributed by atoms with Crippen LogP contribution in [0.3, 0.4) is 0 Å². The van der Waals surface area contributed by atoms with Gasteiger partial charge in [-0.2, -0.15) is 0 Å². The summed E-state index contributed by atoms with van der Waals surface area (Å²) < 4.78 is 5.75. The molecule has 1 saturated heterocycles. The number of hydrogen-bond donors (Lipinski definition) is 1. The third kappa shape index (κ3) is 4.01. The minimum absolute atomic E-state index is 0.225. The molecule has 1 heterocycles. The quantitative estimate of drug-likeness (QED) is 0.877. The van der Waals surface area contributed by atoms with Crippen LogP contribution < -0.4 is 4.74 Å². The molecule has 4 nitrogen and oxygen atoms in total. The Morgan fingerprint density at radius 1 is 1.23 bits per heavy atom. The van der Waals surface area contributed by atoms with Crippen LogP contribution in [0.5, 0.6) is 5.75 Å². The summed E-state index contributed by atoms with van der Waals surface area (Å²) in [6, 6.07) is 8.70. The second kappa shape index (κ2) is 6.69. The summed E-state index contributed by atoms with van der Waals surface area (Å²) in [4.78, 5) is 13.5. The fourth-order valence-electron chi connectivity index (χ4n) is 3.03. The van der Waals surface area contributed by atoms with Crippen LogP contribution in [0.15, 0.2) is 24.3 Å². The lowest BCUT2D eigenvalue weighted by atomic mass is 9.93. The van der Waals surface area contributed by atoms with Crippen molar-refractivity contribution >= 4 is 5.97 Å². The van der Waals surface area contributed by atoms with E-state index in [0.29, 0.717) is 12.6 Å². The molecule has 1 aliphatic heterocycles. The molecule has 1 aliphatic carbocycles. The maximum atomic E-state index is 11.2. The first-order chi connectivity index (χ1) is 10.6. The minimum Gasteiger partial charge on any atom is -0.493 e. The average Bonchev–Trinajstić information content (AvgIpc) is 3.33. The van der Waals surface area contributed by atoms with Crippen molar-refractivity contribution < 1.29 is 14.6 Å². The van der Waals surface area contributed by atoms with Gasteiger partial charge in [0.25, 0.3) is 0 Å². The normalized spacial score (nSPS) is 25.9. The second-order valence-electron chi connectivity index (χ2n) is 6.79. The van der Waals surface area contributed by atoms with Gasteiger partial charge >= 0.3 is 5.97 Å². The third-order valence-corrected chi connectivity index (χ3v) is 4.85. The van der Waals surface area contributed by atoms with Crippen molar-refractivity contribution in [2.75, 3.05) is 13.2 Å². The van der Waals surface area contributed by atoms with Crippen molar-refractivity contribution in [3.05, 3.63) is 29.8 Å². The van der Waals surface area contributed by atoms with Crippen molar-refractivity contribution in [2.24, 2.45) is 11.8 Å². The van der Waals surface area contributed by atoms with E-state index in [4.69, 9.17) is 4.74 Å². The number of nitrogens with zero attached hydrogens (tertiary/aromatic N) is 1. The topological polar surface area (TPSA) is 49.8 Å². The molecule has 2 atom stereocenters. The number of ether oxygens (including phenoxy) is 1. The molecular weight excluding hydrogens is 278 g/mol. The lowest BCUT2D eigenvalue weighted by Crippen LogP contribution is -2.43. The second-order valence-corrected chi connectivity index (χ2v) is 6.79. The molecule has 2 aliphatic rings. The Bertz CT molecular complexity index is 510. The Labute approximate surface area is 132 Å². The summed E-state index contributed by atoms with van der Waals surface area (Å²) in [7, 11) is 0. The summed E-state index contributed by atoms with van der Waals surface area (Å²) in [5.74, 6) is 0.811. The van der Waals surface area contributed by atoms with Crippen molar-refractivity contribution in [3.63, 3.8) is 0 Å². The molecule has 2 fully saturated rings. The van der Waals surface area contributed by atoms with Crippen molar-refractivity contribution in [2.45, 2.75) is 45.2 Å². The van der Waals surface area contributed by atoms with E-state index >= 15 is 0 Å². The maximum absolute atomic E-state index is 11.2. The van der Waals surface area contributed by atoms with E-state index in [1.165, 1.54) is 18.4 Å². The van der Waals surface area contributed by atoms with Crippen molar-refractivity contribution in [3.8, 4) is 5.75 Å². The van der Waals surface area contributed by atoms with E-state index in [-0.39, 0.29) is 5.92 Å². The molecule has 1 N–H and O–H groups in total. The minimum atomic E-state index is -0.666. The van der Waals surface area contributed by atoms with E-state index in [0.717, 1.165) is 37.7 Å². The van der Waals surface area contributed by atoms with Gasteiger partial charge in [-0.05, 0) is 56.2 Å². The van der Waals surface area contributed by atoms with Gasteiger partial charge < -0.3 is 9.84 Å². The molecule has 2 unspecified atom stereocenters. The molecule has 0 bridgehead atoms. The zero-order valence-electron chi connectivity index (χ0n) is 13.2. The van der Waals surface area contributed by atoms with Crippen molar-refractivity contribution in [1.29, 1.82) is 0 Å². The standard InChI is InChI=1S/C18H25NO3/c1-13-2-7-16(18(20)21)11-19(13)10-14-5-8-17(9-6-14)22-12-15-3-4-15/h5-6,8-9,13,15-16H,2-4,7,10-12H2,1H3,(H,20,21). The SMILES string of the molecule is CC1CCC(C(=O)O)CN1Cc1ccc(OCC2CC2)cc1. The van der Waals surface area contributed by atoms with E-state index in [1.54, 1.807) is 0 Å². The number of piperidine rings is 1. The first kappa shape index (κ1) is 15.3. The van der Waals surface area contributed by atoms with Gasteiger partial charge in [-0.15, -0.1) is 0 Å².